The highest BCUT2D eigenvalue weighted by Crippen LogP contribution is 2.06. The fraction of sp³-hybridized carbons (Fsp3) is 0.143. The van der Waals surface area contributed by atoms with Crippen LogP contribution in [0.5, 0.6) is 0 Å². The zero-order valence-corrected chi connectivity index (χ0v) is 10.9. The van der Waals surface area contributed by atoms with E-state index in [0.717, 1.165) is 10.4 Å². The Kier molecular flexibility index (Phi) is 3.11. The van der Waals surface area contributed by atoms with E-state index in [4.69, 9.17) is 0 Å². The first-order chi connectivity index (χ1) is 8.00. The van der Waals surface area contributed by atoms with Crippen molar-refractivity contribution in [1.29, 1.82) is 0 Å². The van der Waals surface area contributed by atoms with E-state index >= 15 is 0 Å². The van der Waals surface area contributed by atoms with Crippen LogP contribution in [-0.4, -0.2) is 8.07 Å². The van der Waals surface area contributed by atoms with E-state index < -0.39 is 8.07 Å². The fourth-order valence-electron chi connectivity index (χ4n) is 1.90. The molecule has 0 bridgehead atoms. The summed E-state index contributed by atoms with van der Waals surface area (Å²) in [5.74, 6) is -0.449. The molecule has 0 saturated heterocycles. The van der Waals surface area contributed by atoms with E-state index in [-0.39, 0.29) is 11.6 Å². The summed E-state index contributed by atoms with van der Waals surface area (Å²) in [5, 5.41) is 2.29. The Balaban J connectivity index is 2.41. The lowest BCUT2D eigenvalue weighted by Gasteiger charge is -2.23. The third kappa shape index (κ3) is 2.44. The Morgan fingerprint density at radius 3 is 1.24 bits per heavy atom. The van der Waals surface area contributed by atoms with Crippen LogP contribution < -0.4 is 10.4 Å². The monoisotopic (exact) mass is 248 g/mol. The molecule has 0 saturated carbocycles. The minimum absolute atomic E-state index is 0.224. The van der Waals surface area contributed by atoms with Crippen LogP contribution in [-0.2, 0) is 0 Å². The largest absolute Gasteiger partial charge is 0.207 e. The van der Waals surface area contributed by atoms with Crippen molar-refractivity contribution in [3.63, 3.8) is 0 Å². The van der Waals surface area contributed by atoms with Gasteiger partial charge < -0.3 is 0 Å². The van der Waals surface area contributed by atoms with Gasteiger partial charge in [0, 0.05) is 0 Å². The standard InChI is InChI=1S/C14H14F2Si/c1-17(2,13-7-3-11(15)4-8-13)14-9-5-12(16)6-10-14/h3-10H,1-2H3. The molecule has 0 aliphatic carbocycles. The Morgan fingerprint density at radius 1 is 0.647 bits per heavy atom. The van der Waals surface area contributed by atoms with E-state index in [9.17, 15) is 8.78 Å². The van der Waals surface area contributed by atoms with Crippen molar-refractivity contribution in [1.82, 2.24) is 0 Å². The topological polar surface area (TPSA) is 0 Å². The lowest BCUT2D eigenvalue weighted by Crippen LogP contribution is -2.52. The molecule has 0 nitrogen and oxygen atoms in total. The molecule has 0 radical (unpaired) electrons. The summed E-state index contributed by atoms with van der Waals surface area (Å²) in [5.41, 5.74) is 0. The lowest BCUT2D eigenvalue weighted by molar-refractivity contribution is 0.628. The molecule has 88 valence electrons. The zero-order chi connectivity index (χ0) is 12.5. The van der Waals surface area contributed by atoms with Crippen molar-refractivity contribution in [2.24, 2.45) is 0 Å². The first kappa shape index (κ1) is 12.0. The Labute approximate surface area is 101 Å². The van der Waals surface area contributed by atoms with Crippen molar-refractivity contribution in [3.05, 3.63) is 60.2 Å². The molecule has 0 unspecified atom stereocenters. The van der Waals surface area contributed by atoms with Crippen LogP contribution in [0.4, 0.5) is 8.78 Å². The summed E-state index contributed by atoms with van der Waals surface area (Å²) in [6.45, 7) is 4.35. The highest BCUT2D eigenvalue weighted by atomic mass is 28.3. The first-order valence-corrected chi connectivity index (χ1v) is 8.52. The van der Waals surface area contributed by atoms with Gasteiger partial charge in [-0.05, 0) is 24.3 Å². The predicted octanol–water partition coefficient (Wildman–Crippen LogP) is 2.79. The van der Waals surface area contributed by atoms with Crippen LogP contribution in [0.3, 0.4) is 0 Å². The summed E-state index contributed by atoms with van der Waals surface area (Å²) in [7, 11) is -1.83. The molecule has 17 heavy (non-hydrogen) atoms. The highest BCUT2D eigenvalue weighted by molar-refractivity contribution is 7.00. The molecule has 2 aromatic rings. The maximum Gasteiger partial charge on any atom is 0.123 e. The third-order valence-corrected chi connectivity index (χ3v) is 6.69. The maximum atomic E-state index is 12.9. The molecular weight excluding hydrogens is 234 g/mol. The average Bonchev–Trinajstić information content (AvgIpc) is 2.30. The highest BCUT2D eigenvalue weighted by Gasteiger charge is 2.25. The Bertz CT molecular complexity index is 453. The van der Waals surface area contributed by atoms with Crippen LogP contribution in [0.2, 0.25) is 13.1 Å². The van der Waals surface area contributed by atoms with Crippen LogP contribution >= 0.6 is 0 Å². The summed E-state index contributed by atoms with van der Waals surface area (Å²) in [6.07, 6.45) is 0. The second kappa shape index (κ2) is 4.41. The van der Waals surface area contributed by atoms with Gasteiger partial charge in [-0.1, -0.05) is 47.7 Å². The molecule has 0 heterocycles. The van der Waals surface area contributed by atoms with Crippen LogP contribution in [0.15, 0.2) is 48.5 Å². The summed E-state index contributed by atoms with van der Waals surface area (Å²) in [6, 6.07) is 13.2. The predicted molar refractivity (Wildman–Crippen MR) is 69.6 cm³/mol. The van der Waals surface area contributed by atoms with E-state index in [1.54, 1.807) is 0 Å². The summed E-state index contributed by atoms with van der Waals surface area (Å²) < 4.78 is 25.8. The molecule has 0 N–H and O–H groups in total. The molecule has 2 rings (SSSR count). The molecular formula is C14H14F2Si. The van der Waals surface area contributed by atoms with E-state index in [1.807, 2.05) is 24.3 Å². The molecule has 2 aromatic carbocycles. The fourth-order valence-corrected chi connectivity index (χ4v) is 4.23. The van der Waals surface area contributed by atoms with Crippen molar-refractivity contribution in [3.8, 4) is 0 Å². The van der Waals surface area contributed by atoms with Gasteiger partial charge in [0.05, 0.1) is 0 Å². The van der Waals surface area contributed by atoms with E-state index in [2.05, 4.69) is 13.1 Å². The molecule has 0 fully saturated rings. The van der Waals surface area contributed by atoms with Crippen LogP contribution in [0.1, 0.15) is 0 Å². The third-order valence-electron chi connectivity index (χ3n) is 3.13. The SMILES string of the molecule is C[Si](C)(c1ccc(F)cc1)c1ccc(F)cc1. The Hall–Kier alpha value is -1.48. The second-order valence-electron chi connectivity index (χ2n) is 4.64. The van der Waals surface area contributed by atoms with Crippen molar-refractivity contribution in [2.45, 2.75) is 13.1 Å². The smallest absolute Gasteiger partial charge is 0.123 e. The van der Waals surface area contributed by atoms with Gasteiger partial charge in [0.2, 0.25) is 0 Å². The van der Waals surface area contributed by atoms with Crippen molar-refractivity contribution in [2.75, 3.05) is 0 Å². The summed E-state index contributed by atoms with van der Waals surface area (Å²) >= 11 is 0. The molecule has 0 aliphatic rings. The van der Waals surface area contributed by atoms with Gasteiger partial charge in [-0.3, -0.25) is 0 Å². The van der Waals surface area contributed by atoms with Crippen molar-refractivity contribution < 1.29 is 8.78 Å². The molecule has 3 heteroatoms. The molecule has 0 amide bonds. The van der Waals surface area contributed by atoms with Crippen molar-refractivity contribution >= 4 is 18.4 Å². The quantitative estimate of drug-likeness (QED) is 0.717. The molecule has 0 atom stereocenters. The number of rotatable bonds is 2. The zero-order valence-electron chi connectivity index (χ0n) is 9.87. The number of hydrogen-bond donors (Lipinski definition) is 0. The normalized spacial score (nSPS) is 11.5. The van der Waals surface area contributed by atoms with Gasteiger partial charge in [0.1, 0.15) is 19.7 Å². The lowest BCUT2D eigenvalue weighted by atomic mass is 10.3. The van der Waals surface area contributed by atoms with E-state index in [1.165, 1.54) is 24.3 Å². The van der Waals surface area contributed by atoms with Gasteiger partial charge in [-0.25, -0.2) is 8.78 Å². The van der Waals surface area contributed by atoms with Crippen LogP contribution in [0, 0.1) is 11.6 Å². The van der Waals surface area contributed by atoms with Gasteiger partial charge in [0.15, 0.2) is 0 Å². The summed E-state index contributed by atoms with van der Waals surface area (Å²) in [4.78, 5) is 0. The van der Waals surface area contributed by atoms with Gasteiger partial charge >= 0.3 is 0 Å². The van der Waals surface area contributed by atoms with Gasteiger partial charge in [-0.15, -0.1) is 0 Å². The first-order valence-electron chi connectivity index (χ1n) is 5.52. The number of halogens is 2. The average molecular weight is 248 g/mol. The van der Waals surface area contributed by atoms with E-state index in [0.29, 0.717) is 0 Å². The number of hydrogen-bond acceptors (Lipinski definition) is 0. The molecule has 0 spiro atoms. The molecule has 0 aliphatic heterocycles. The Morgan fingerprint density at radius 2 is 0.941 bits per heavy atom. The number of benzene rings is 2. The maximum absolute atomic E-state index is 12.9. The van der Waals surface area contributed by atoms with Gasteiger partial charge in [-0.2, -0.15) is 0 Å². The minimum Gasteiger partial charge on any atom is -0.207 e. The van der Waals surface area contributed by atoms with Crippen LogP contribution in [0.25, 0.3) is 0 Å². The minimum atomic E-state index is -1.83. The molecule has 0 aromatic heterocycles. The van der Waals surface area contributed by atoms with Gasteiger partial charge in [0.25, 0.3) is 0 Å². The second-order valence-corrected chi connectivity index (χ2v) is 9.04.